The van der Waals surface area contributed by atoms with Crippen molar-refractivity contribution >= 4 is 22.1 Å². The van der Waals surface area contributed by atoms with E-state index in [2.05, 4.69) is 10.5 Å². The summed E-state index contributed by atoms with van der Waals surface area (Å²) >= 11 is 0. The lowest BCUT2D eigenvalue weighted by molar-refractivity contribution is -0.121. The number of hydrogen-bond donors (Lipinski definition) is 1. The summed E-state index contributed by atoms with van der Waals surface area (Å²) in [7, 11) is -2.31. The third-order valence-electron chi connectivity index (χ3n) is 4.40. The molecular formula is C23H23N3O4S. The van der Waals surface area contributed by atoms with Crippen LogP contribution in [0.4, 0.5) is 0 Å². The normalized spacial score (nSPS) is 11.5. The maximum absolute atomic E-state index is 13.1. The van der Waals surface area contributed by atoms with Crippen LogP contribution < -0.4 is 10.2 Å². The molecule has 3 rings (SSSR count). The van der Waals surface area contributed by atoms with Crippen molar-refractivity contribution in [3.8, 4) is 5.75 Å². The van der Waals surface area contributed by atoms with Gasteiger partial charge < -0.3 is 4.74 Å². The van der Waals surface area contributed by atoms with E-state index in [0.29, 0.717) is 5.75 Å². The Kier molecular flexibility index (Phi) is 7.53. The quantitative estimate of drug-likeness (QED) is 0.412. The number of nitrogens with one attached hydrogen (secondary N) is 1. The first kappa shape index (κ1) is 22.2. The molecule has 0 radical (unpaired) electrons. The largest absolute Gasteiger partial charge is 0.497 e. The fourth-order valence-electron chi connectivity index (χ4n) is 2.85. The topological polar surface area (TPSA) is 88.1 Å². The van der Waals surface area contributed by atoms with Crippen molar-refractivity contribution in [2.45, 2.75) is 11.4 Å². The van der Waals surface area contributed by atoms with Gasteiger partial charge in [-0.2, -0.15) is 9.41 Å². The van der Waals surface area contributed by atoms with Crippen LogP contribution in [-0.4, -0.2) is 38.5 Å². The van der Waals surface area contributed by atoms with Gasteiger partial charge in [-0.3, -0.25) is 4.79 Å². The number of ether oxygens (including phenoxy) is 1. The second kappa shape index (κ2) is 10.5. The minimum atomic E-state index is -3.88. The van der Waals surface area contributed by atoms with Crippen LogP contribution in [0, 0.1) is 0 Å². The van der Waals surface area contributed by atoms with Gasteiger partial charge in [-0.1, -0.05) is 60.7 Å². The highest BCUT2D eigenvalue weighted by molar-refractivity contribution is 7.89. The Hall–Kier alpha value is -3.49. The van der Waals surface area contributed by atoms with Crippen LogP contribution >= 0.6 is 0 Å². The van der Waals surface area contributed by atoms with Crippen molar-refractivity contribution in [3.05, 3.63) is 96.1 Å². The van der Waals surface area contributed by atoms with E-state index in [1.54, 1.807) is 49.6 Å². The van der Waals surface area contributed by atoms with Crippen molar-refractivity contribution in [1.82, 2.24) is 9.73 Å². The highest BCUT2D eigenvalue weighted by Gasteiger charge is 2.26. The summed E-state index contributed by atoms with van der Waals surface area (Å²) < 4.78 is 32.5. The highest BCUT2D eigenvalue weighted by atomic mass is 32.2. The summed E-state index contributed by atoms with van der Waals surface area (Å²) in [6, 6.07) is 24.3. The summed E-state index contributed by atoms with van der Waals surface area (Å²) in [5.41, 5.74) is 3.90. The zero-order chi connectivity index (χ0) is 22.1. The SMILES string of the molecule is COc1cccc(C=NNC(=O)CN(Cc2ccccc2)S(=O)(=O)c2ccccc2)c1. The molecule has 3 aromatic rings. The predicted octanol–water partition coefficient (Wildman–Crippen LogP) is 3.04. The molecule has 0 aliphatic heterocycles. The third kappa shape index (κ3) is 6.24. The first-order chi connectivity index (χ1) is 15.0. The molecule has 160 valence electrons. The van der Waals surface area contributed by atoms with E-state index in [-0.39, 0.29) is 18.0 Å². The van der Waals surface area contributed by atoms with Gasteiger partial charge in [0.05, 0.1) is 24.8 Å². The highest BCUT2D eigenvalue weighted by Crippen LogP contribution is 2.18. The minimum absolute atomic E-state index is 0.0606. The number of hydrazone groups is 1. The maximum Gasteiger partial charge on any atom is 0.255 e. The number of hydrogen-bond acceptors (Lipinski definition) is 5. The number of sulfonamides is 1. The van der Waals surface area contributed by atoms with E-state index in [1.165, 1.54) is 18.3 Å². The van der Waals surface area contributed by atoms with Crippen molar-refractivity contribution < 1.29 is 17.9 Å². The second-order valence-electron chi connectivity index (χ2n) is 6.64. The Morgan fingerprint density at radius 3 is 2.35 bits per heavy atom. The number of benzene rings is 3. The molecule has 0 aliphatic rings. The van der Waals surface area contributed by atoms with Crippen LogP contribution in [0.15, 0.2) is 94.9 Å². The Labute approximate surface area is 182 Å². The summed E-state index contributed by atoms with van der Waals surface area (Å²) in [6.45, 7) is -0.313. The van der Waals surface area contributed by atoms with E-state index in [0.717, 1.165) is 15.4 Å². The van der Waals surface area contributed by atoms with E-state index < -0.39 is 15.9 Å². The Morgan fingerprint density at radius 2 is 1.68 bits per heavy atom. The molecule has 0 aromatic heterocycles. The lowest BCUT2D eigenvalue weighted by atomic mass is 10.2. The molecular weight excluding hydrogens is 414 g/mol. The van der Waals surface area contributed by atoms with Crippen LogP contribution in [0.25, 0.3) is 0 Å². The fraction of sp³-hybridized carbons (Fsp3) is 0.130. The van der Waals surface area contributed by atoms with E-state index in [9.17, 15) is 13.2 Å². The van der Waals surface area contributed by atoms with Gasteiger partial charge in [0.25, 0.3) is 5.91 Å². The zero-order valence-corrected chi connectivity index (χ0v) is 17.8. The minimum Gasteiger partial charge on any atom is -0.497 e. The molecule has 3 aromatic carbocycles. The fourth-order valence-corrected chi connectivity index (χ4v) is 4.26. The number of amides is 1. The second-order valence-corrected chi connectivity index (χ2v) is 8.58. The van der Waals surface area contributed by atoms with Crippen molar-refractivity contribution in [3.63, 3.8) is 0 Å². The smallest absolute Gasteiger partial charge is 0.255 e. The molecule has 7 nitrogen and oxygen atoms in total. The Bertz CT molecular complexity index is 1130. The standard InChI is InChI=1S/C23H23N3O4S/c1-30-21-12-8-11-20(15-21)16-24-25-23(27)18-26(17-19-9-4-2-5-10-19)31(28,29)22-13-6-3-7-14-22/h2-16H,17-18H2,1H3,(H,25,27). The molecule has 0 atom stereocenters. The van der Waals surface area contributed by atoms with E-state index >= 15 is 0 Å². The van der Waals surface area contributed by atoms with Crippen LogP contribution in [0.2, 0.25) is 0 Å². The summed E-state index contributed by atoms with van der Waals surface area (Å²) in [5.74, 6) is 0.118. The maximum atomic E-state index is 13.1. The number of methoxy groups -OCH3 is 1. The van der Waals surface area contributed by atoms with Gasteiger partial charge in [-0.25, -0.2) is 13.8 Å². The predicted molar refractivity (Wildman–Crippen MR) is 119 cm³/mol. The molecule has 8 heteroatoms. The lowest BCUT2D eigenvalue weighted by Crippen LogP contribution is -2.39. The molecule has 1 N–H and O–H groups in total. The summed E-state index contributed by atoms with van der Waals surface area (Å²) in [4.78, 5) is 12.6. The molecule has 0 unspecified atom stereocenters. The van der Waals surface area contributed by atoms with Crippen molar-refractivity contribution in [2.75, 3.05) is 13.7 Å². The van der Waals surface area contributed by atoms with E-state index in [1.807, 2.05) is 30.3 Å². The van der Waals surface area contributed by atoms with Gasteiger partial charge in [-0.15, -0.1) is 0 Å². The lowest BCUT2D eigenvalue weighted by Gasteiger charge is -2.21. The van der Waals surface area contributed by atoms with Gasteiger partial charge in [0.2, 0.25) is 10.0 Å². The number of carbonyl (C=O) groups excluding carboxylic acids is 1. The molecule has 0 aliphatic carbocycles. The summed E-state index contributed by atoms with van der Waals surface area (Å²) in [5, 5.41) is 3.93. The van der Waals surface area contributed by atoms with Gasteiger partial charge in [0.1, 0.15) is 5.75 Å². The average molecular weight is 438 g/mol. The summed E-state index contributed by atoms with van der Waals surface area (Å²) in [6.07, 6.45) is 1.47. The van der Waals surface area contributed by atoms with Crippen LogP contribution in [0.5, 0.6) is 5.75 Å². The van der Waals surface area contributed by atoms with Crippen molar-refractivity contribution in [2.24, 2.45) is 5.10 Å². The molecule has 0 heterocycles. The molecule has 1 amide bonds. The first-order valence-corrected chi connectivity index (χ1v) is 11.0. The Morgan fingerprint density at radius 1 is 1.00 bits per heavy atom. The van der Waals surface area contributed by atoms with E-state index in [4.69, 9.17) is 4.74 Å². The molecule has 0 spiro atoms. The Balaban J connectivity index is 1.74. The van der Waals surface area contributed by atoms with Crippen LogP contribution in [0.1, 0.15) is 11.1 Å². The third-order valence-corrected chi connectivity index (χ3v) is 6.21. The van der Waals surface area contributed by atoms with Gasteiger partial charge in [0, 0.05) is 6.54 Å². The van der Waals surface area contributed by atoms with Gasteiger partial charge in [0.15, 0.2) is 0 Å². The molecule has 0 bridgehead atoms. The molecule has 0 saturated carbocycles. The van der Waals surface area contributed by atoms with Gasteiger partial charge in [-0.05, 0) is 35.4 Å². The van der Waals surface area contributed by atoms with Crippen LogP contribution in [0.3, 0.4) is 0 Å². The number of rotatable bonds is 9. The van der Waals surface area contributed by atoms with Crippen LogP contribution in [-0.2, 0) is 21.4 Å². The first-order valence-electron chi connectivity index (χ1n) is 9.54. The number of carbonyl (C=O) groups is 1. The number of nitrogens with zero attached hydrogens (tertiary/aromatic N) is 2. The average Bonchev–Trinajstić information content (AvgIpc) is 2.80. The molecule has 0 saturated heterocycles. The molecule has 0 fully saturated rings. The monoisotopic (exact) mass is 437 g/mol. The molecule has 31 heavy (non-hydrogen) atoms. The zero-order valence-electron chi connectivity index (χ0n) is 17.0. The van der Waals surface area contributed by atoms with Gasteiger partial charge >= 0.3 is 0 Å². The van der Waals surface area contributed by atoms with Crippen molar-refractivity contribution in [1.29, 1.82) is 0 Å².